The van der Waals surface area contributed by atoms with Gasteiger partial charge >= 0.3 is 0 Å². The highest BCUT2D eigenvalue weighted by Crippen LogP contribution is 2.30. The fourth-order valence-corrected chi connectivity index (χ4v) is 2.42. The Morgan fingerprint density at radius 2 is 2.14 bits per heavy atom. The van der Waals surface area contributed by atoms with Crippen LogP contribution in [-0.4, -0.2) is 37.7 Å². The first-order chi connectivity index (χ1) is 9.99. The number of amides is 1. The number of aliphatic hydroxyl groups excluding tert-OH is 1. The predicted molar refractivity (Wildman–Crippen MR) is 74.6 cm³/mol. The third kappa shape index (κ3) is 3.98. The van der Waals surface area contributed by atoms with Crippen LogP contribution >= 0.6 is 0 Å². The third-order valence-corrected chi connectivity index (χ3v) is 3.61. The molecule has 6 heteroatoms. The van der Waals surface area contributed by atoms with Crippen LogP contribution in [0.5, 0.6) is 0 Å². The fraction of sp³-hybridized carbons (Fsp3) is 0.533. The lowest BCUT2D eigenvalue weighted by Gasteiger charge is -2.26. The normalized spacial score (nSPS) is 16.2. The first-order valence-electron chi connectivity index (χ1n) is 6.92. The van der Waals surface area contributed by atoms with E-state index in [1.165, 1.54) is 0 Å². The number of hydrogen-bond acceptors (Lipinski definition) is 3. The summed E-state index contributed by atoms with van der Waals surface area (Å²) in [5, 5.41) is 10.1. The summed E-state index contributed by atoms with van der Waals surface area (Å²) in [5.74, 6) is 0.0798. The van der Waals surface area contributed by atoms with E-state index >= 15 is 0 Å². The molecule has 1 aromatic rings. The number of rotatable bonds is 6. The van der Waals surface area contributed by atoms with Gasteiger partial charge in [0.25, 0.3) is 6.43 Å². The molecule has 1 unspecified atom stereocenters. The summed E-state index contributed by atoms with van der Waals surface area (Å²) in [6.07, 6.45) is -1.86. The lowest BCUT2D eigenvalue weighted by molar-refractivity contribution is -0.118. The van der Waals surface area contributed by atoms with E-state index in [9.17, 15) is 18.7 Å². The second-order valence-corrected chi connectivity index (χ2v) is 5.11. The topological polar surface area (TPSA) is 49.8 Å². The molecule has 1 N–H and O–H groups in total. The number of hydrogen-bond donors (Lipinski definition) is 1. The Hall–Kier alpha value is -1.53. The number of carbonyl (C=O) groups is 1. The zero-order chi connectivity index (χ0) is 15.4. The van der Waals surface area contributed by atoms with Crippen LogP contribution in [0.3, 0.4) is 0 Å². The van der Waals surface area contributed by atoms with Crippen LogP contribution in [0.25, 0.3) is 0 Å². The minimum absolute atomic E-state index is 0.0798. The van der Waals surface area contributed by atoms with Crippen molar-refractivity contribution in [1.82, 2.24) is 0 Å². The molecule has 0 radical (unpaired) electrons. The summed E-state index contributed by atoms with van der Waals surface area (Å²) in [6.45, 7) is -0.523. The zero-order valence-corrected chi connectivity index (χ0v) is 11.9. The number of alkyl halides is 2. The Labute approximate surface area is 122 Å². The first kappa shape index (κ1) is 15.9. The lowest BCUT2D eigenvalue weighted by Crippen LogP contribution is -2.31. The number of carbonyl (C=O) groups excluding carboxylic acids is 1. The number of fused-ring (bicyclic) bond motifs is 1. The van der Waals surface area contributed by atoms with E-state index in [1.807, 2.05) is 12.1 Å². The highest BCUT2D eigenvalue weighted by molar-refractivity contribution is 5.95. The van der Waals surface area contributed by atoms with Gasteiger partial charge in [-0.3, -0.25) is 4.79 Å². The molecule has 4 nitrogen and oxygen atoms in total. The van der Waals surface area contributed by atoms with Crippen LogP contribution in [0.4, 0.5) is 14.5 Å². The number of halogens is 2. The third-order valence-electron chi connectivity index (χ3n) is 3.61. The van der Waals surface area contributed by atoms with Gasteiger partial charge in [-0.2, -0.15) is 0 Å². The number of benzene rings is 1. The van der Waals surface area contributed by atoms with Crippen LogP contribution in [0.1, 0.15) is 30.1 Å². The van der Waals surface area contributed by atoms with Crippen molar-refractivity contribution in [3.05, 3.63) is 29.3 Å². The second kappa shape index (κ2) is 6.95. The van der Waals surface area contributed by atoms with Gasteiger partial charge in [0.2, 0.25) is 5.91 Å². The highest BCUT2D eigenvalue weighted by atomic mass is 19.3. The smallest absolute Gasteiger partial charge is 0.261 e. The van der Waals surface area contributed by atoms with Crippen molar-refractivity contribution in [2.24, 2.45) is 0 Å². The van der Waals surface area contributed by atoms with Gasteiger partial charge in [-0.1, -0.05) is 12.1 Å². The van der Waals surface area contributed by atoms with Crippen LogP contribution < -0.4 is 4.90 Å². The highest BCUT2D eigenvalue weighted by Gasteiger charge is 2.21. The Balaban J connectivity index is 1.96. The molecule has 1 aliphatic rings. The molecule has 0 saturated heterocycles. The second-order valence-electron chi connectivity index (χ2n) is 5.11. The SMILES string of the molecule is CN1C(=O)CCc2cc(C(O)CCOCC(F)F)ccc21. The van der Waals surface area contributed by atoms with Crippen molar-refractivity contribution in [1.29, 1.82) is 0 Å². The number of nitrogens with zero attached hydrogens (tertiary/aromatic N) is 1. The molecule has 0 aliphatic carbocycles. The molecule has 0 saturated carbocycles. The van der Waals surface area contributed by atoms with E-state index < -0.39 is 19.1 Å². The Morgan fingerprint density at radius 1 is 1.38 bits per heavy atom. The molecular weight excluding hydrogens is 280 g/mol. The number of aryl methyl sites for hydroxylation is 1. The molecule has 0 fully saturated rings. The molecule has 1 heterocycles. The zero-order valence-electron chi connectivity index (χ0n) is 11.9. The predicted octanol–water partition coefficient (Wildman–Crippen LogP) is 2.30. The summed E-state index contributed by atoms with van der Waals surface area (Å²) >= 11 is 0. The quantitative estimate of drug-likeness (QED) is 0.820. The summed E-state index contributed by atoms with van der Waals surface area (Å²) in [5.41, 5.74) is 2.59. The molecule has 21 heavy (non-hydrogen) atoms. The summed E-state index contributed by atoms with van der Waals surface area (Å²) < 4.78 is 28.6. The van der Waals surface area contributed by atoms with Crippen LogP contribution in [0, 0.1) is 0 Å². The van der Waals surface area contributed by atoms with E-state index in [4.69, 9.17) is 4.74 Å². The van der Waals surface area contributed by atoms with Gasteiger partial charge in [-0.05, 0) is 23.6 Å². The molecule has 0 bridgehead atoms. The van der Waals surface area contributed by atoms with E-state index in [-0.39, 0.29) is 18.9 Å². The van der Waals surface area contributed by atoms with Crippen molar-refractivity contribution < 1.29 is 23.4 Å². The molecule has 1 amide bonds. The molecule has 1 aliphatic heterocycles. The number of aliphatic hydroxyl groups is 1. The van der Waals surface area contributed by atoms with E-state index in [2.05, 4.69) is 0 Å². The molecule has 2 rings (SSSR count). The van der Waals surface area contributed by atoms with Crippen LogP contribution in [0.2, 0.25) is 0 Å². The Kier molecular flexibility index (Phi) is 5.25. The summed E-state index contributed by atoms with van der Waals surface area (Å²) in [6, 6.07) is 5.44. The average Bonchev–Trinajstić information content (AvgIpc) is 2.46. The van der Waals surface area contributed by atoms with Gasteiger partial charge in [0, 0.05) is 32.2 Å². The molecule has 1 aromatic carbocycles. The lowest BCUT2D eigenvalue weighted by atomic mass is 9.96. The van der Waals surface area contributed by atoms with Crippen LogP contribution in [0.15, 0.2) is 18.2 Å². The van der Waals surface area contributed by atoms with Crippen molar-refractivity contribution in [3.63, 3.8) is 0 Å². The van der Waals surface area contributed by atoms with Crippen LogP contribution in [-0.2, 0) is 16.0 Å². The minimum Gasteiger partial charge on any atom is -0.388 e. The fourth-order valence-electron chi connectivity index (χ4n) is 2.42. The molecular formula is C15H19F2NO3. The maximum atomic E-state index is 11.9. The van der Waals surface area contributed by atoms with Gasteiger partial charge in [0.1, 0.15) is 6.61 Å². The van der Waals surface area contributed by atoms with Crippen molar-refractivity contribution in [2.75, 3.05) is 25.2 Å². The maximum Gasteiger partial charge on any atom is 0.261 e. The van der Waals surface area contributed by atoms with E-state index in [0.717, 1.165) is 16.8 Å². The molecule has 0 spiro atoms. The molecule has 1 atom stereocenters. The van der Waals surface area contributed by atoms with Gasteiger partial charge in [-0.25, -0.2) is 8.78 Å². The van der Waals surface area contributed by atoms with Gasteiger partial charge in [-0.15, -0.1) is 0 Å². The molecule has 0 aromatic heterocycles. The van der Waals surface area contributed by atoms with E-state index in [0.29, 0.717) is 12.8 Å². The van der Waals surface area contributed by atoms with Gasteiger partial charge in [0.15, 0.2) is 0 Å². The van der Waals surface area contributed by atoms with Crippen molar-refractivity contribution >= 4 is 11.6 Å². The van der Waals surface area contributed by atoms with Gasteiger partial charge in [0.05, 0.1) is 6.10 Å². The standard InChI is InChI=1S/C15H19F2NO3/c1-18-12-4-2-11(8-10(12)3-5-15(18)20)13(19)6-7-21-9-14(16)17/h2,4,8,13-14,19H,3,5-7,9H2,1H3. The first-order valence-corrected chi connectivity index (χ1v) is 6.92. The van der Waals surface area contributed by atoms with Gasteiger partial charge < -0.3 is 14.7 Å². The van der Waals surface area contributed by atoms with Crippen molar-refractivity contribution in [2.45, 2.75) is 31.8 Å². The minimum atomic E-state index is -2.49. The summed E-state index contributed by atoms with van der Waals surface area (Å²) in [7, 11) is 1.73. The maximum absolute atomic E-state index is 11.9. The monoisotopic (exact) mass is 299 g/mol. The average molecular weight is 299 g/mol. The van der Waals surface area contributed by atoms with E-state index in [1.54, 1.807) is 18.0 Å². The molecule has 116 valence electrons. The number of anilines is 1. The Morgan fingerprint density at radius 3 is 2.86 bits per heavy atom. The number of ether oxygens (including phenoxy) is 1. The summed E-state index contributed by atoms with van der Waals surface area (Å²) in [4.78, 5) is 13.2. The Bertz CT molecular complexity index is 508. The van der Waals surface area contributed by atoms with Crippen molar-refractivity contribution in [3.8, 4) is 0 Å². The largest absolute Gasteiger partial charge is 0.388 e.